The molecule has 2 aromatic carbocycles. The lowest BCUT2D eigenvalue weighted by atomic mass is 9.97. The number of rotatable bonds is 6. The van der Waals surface area contributed by atoms with E-state index in [9.17, 15) is 9.18 Å². The van der Waals surface area contributed by atoms with Crippen molar-refractivity contribution in [2.24, 2.45) is 0 Å². The molecule has 0 aliphatic rings. The predicted molar refractivity (Wildman–Crippen MR) is 104 cm³/mol. The molecule has 28 heavy (non-hydrogen) atoms. The number of aromatic amines is 1. The topological polar surface area (TPSA) is 79.9 Å². The van der Waals surface area contributed by atoms with E-state index in [4.69, 9.17) is 4.74 Å². The third-order valence-electron chi connectivity index (χ3n) is 4.42. The standard InChI is InChI=1S/C21H17FN4O2/c1-28-19-12-23-11-18(25-19)26-20(13-5-3-2-4-6-13)21(27)16-10-24-17-9-14(22)7-8-15(16)17/h2-12,20,24H,1H3,(H,25,26). The van der Waals surface area contributed by atoms with E-state index in [0.717, 1.165) is 5.56 Å². The molecule has 140 valence electrons. The highest BCUT2D eigenvalue weighted by Crippen LogP contribution is 2.27. The molecule has 0 fully saturated rings. The first-order valence-electron chi connectivity index (χ1n) is 8.64. The van der Waals surface area contributed by atoms with Crippen molar-refractivity contribution < 1.29 is 13.9 Å². The van der Waals surface area contributed by atoms with Gasteiger partial charge in [-0.2, -0.15) is 4.98 Å². The fourth-order valence-corrected chi connectivity index (χ4v) is 3.07. The smallest absolute Gasteiger partial charge is 0.233 e. The highest BCUT2D eigenvalue weighted by molar-refractivity contribution is 6.11. The number of ether oxygens (including phenoxy) is 1. The van der Waals surface area contributed by atoms with E-state index in [1.807, 2.05) is 30.3 Å². The van der Waals surface area contributed by atoms with Crippen molar-refractivity contribution in [2.45, 2.75) is 6.04 Å². The highest BCUT2D eigenvalue weighted by Gasteiger charge is 2.25. The molecule has 0 aliphatic carbocycles. The Morgan fingerprint density at radius 3 is 2.79 bits per heavy atom. The Hall–Kier alpha value is -3.74. The van der Waals surface area contributed by atoms with E-state index in [2.05, 4.69) is 20.3 Å². The quantitative estimate of drug-likeness (QED) is 0.495. The van der Waals surface area contributed by atoms with Gasteiger partial charge in [0.05, 0.1) is 19.5 Å². The number of H-pyrrole nitrogens is 1. The summed E-state index contributed by atoms with van der Waals surface area (Å²) >= 11 is 0. The summed E-state index contributed by atoms with van der Waals surface area (Å²) in [5.74, 6) is 0.214. The number of hydrogen-bond donors (Lipinski definition) is 2. The van der Waals surface area contributed by atoms with E-state index in [1.54, 1.807) is 12.3 Å². The number of fused-ring (bicyclic) bond motifs is 1. The zero-order valence-corrected chi connectivity index (χ0v) is 15.0. The molecule has 0 radical (unpaired) electrons. The van der Waals surface area contributed by atoms with E-state index in [-0.39, 0.29) is 11.6 Å². The molecule has 0 spiro atoms. The zero-order valence-electron chi connectivity index (χ0n) is 15.0. The fraction of sp³-hybridized carbons (Fsp3) is 0.0952. The van der Waals surface area contributed by atoms with Gasteiger partial charge in [-0.25, -0.2) is 4.39 Å². The number of Topliss-reactive ketones (excluding diaryl/α,β-unsaturated/α-hetero) is 1. The van der Waals surface area contributed by atoms with Gasteiger partial charge >= 0.3 is 0 Å². The second-order valence-corrected chi connectivity index (χ2v) is 6.19. The minimum absolute atomic E-state index is 0.173. The fourth-order valence-electron chi connectivity index (χ4n) is 3.07. The van der Waals surface area contributed by atoms with Crippen LogP contribution in [0.3, 0.4) is 0 Å². The number of carbonyl (C=O) groups is 1. The molecule has 1 unspecified atom stereocenters. The molecule has 0 aliphatic heterocycles. The maximum Gasteiger partial charge on any atom is 0.233 e. The van der Waals surface area contributed by atoms with Crippen LogP contribution in [0.15, 0.2) is 67.1 Å². The van der Waals surface area contributed by atoms with Crippen LogP contribution in [0.25, 0.3) is 10.9 Å². The number of halogens is 1. The lowest BCUT2D eigenvalue weighted by Gasteiger charge is -2.18. The van der Waals surface area contributed by atoms with Crippen molar-refractivity contribution in [1.29, 1.82) is 0 Å². The van der Waals surface area contributed by atoms with Crippen molar-refractivity contribution in [3.63, 3.8) is 0 Å². The Labute approximate surface area is 160 Å². The number of methoxy groups -OCH3 is 1. The highest BCUT2D eigenvalue weighted by atomic mass is 19.1. The largest absolute Gasteiger partial charge is 0.480 e. The summed E-state index contributed by atoms with van der Waals surface area (Å²) in [5.41, 5.74) is 1.80. The van der Waals surface area contributed by atoms with Gasteiger partial charge in [-0.1, -0.05) is 30.3 Å². The number of aromatic nitrogens is 3. The van der Waals surface area contributed by atoms with Crippen LogP contribution in [0.1, 0.15) is 22.0 Å². The molecule has 4 aromatic rings. The van der Waals surface area contributed by atoms with Gasteiger partial charge in [0.25, 0.3) is 0 Å². The molecular weight excluding hydrogens is 359 g/mol. The van der Waals surface area contributed by atoms with Crippen LogP contribution in [0, 0.1) is 5.82 Å². The summed E-state index contributed by atoms with van der Waals surface area (Å²) in [4.78, 5) is 24.7. The van der Waals surface area contributed by atoms with Crippen molar-refractivity contribution in [1.82, 2.24) is 15.0 Å². The number of carbonyl (C=O) groups excluding carboxylic acids is 1. The molecule has 2 heterocycles. The van der Waals surface area contributed by atoms with Gasteiger partial charge in [0.1, 0.15) is 17.7 Å². The summed E-state index contributed by atoms with van der Waals surface area (Å²) in [6.45, 7) is 0. The summed E-state index contributed by atoms with van der Waals surface area (Å²) in [6, 6.07) is 12.9. The molecular formula is C21H17FN4O2. The van der Waals surface area contributed by atoms with Crippen molar-refractivity contribution in [3.8, 4) is 5.88 Å². The third kappa shape index (κ3) is 3.42. The Kier molecular flexibility index (Phi) is 4.72. The first-order valence-corrected chi connectivity index (χ1v) is 8.64. The monoisotopic (exact) mass is 376 g/mol. The van der Waals surface area contributed by atoms with Gasteiger partial charge in [0, 0.05) is 22.7 Å². The molecule has 0 bridgehead atoms. The van der Waals surface area contributed by atoms with Gasteiger partial charge in [-0.05, 0) is 23.8 Å². The first-order chi connectivity index (χ1) is 13.7. The SMILES string of the molecule is COc1cncc(NC(C(=O)c2c[nH]c3cc(F)ccc23)c2ccccc2)n1. The van der Waals surface area contributed by atoms with Crippen LogP contribution in [0.4, 0.5) is 10.2 Å². The maximum atomic E-state index is 13.5. The van der Waals surface area contributed by atoms with Crippen LogP contribution in [-0.2, 0) is 0 Å². The van der Waals surface area contributed by atoms with E-state index in [1.165, 1.54) is 31.6 Å². The predicted octanol–water partition coefficient (Wildman–Crippen LogP) is 4.14. The van der Waals surface area contributed by atoms with Crippen LogP contribution in [-0.4, -0.2) is 27.8 Å². The zero-order chi connectivity index (χ0) is 19.5. The molecule has 7 heteroatoms. The van der Waals surface area contributed by atoms with Crippen LogP contribution in [0.5, 0.6) is 5.88 Å². The van der Waals surface area contributed by atoms with Crippen LogP contribution < -0.4 is 10.1 Å². The van der Waals surface area contributed by atoms with Crippen LogP contribution in [0.2, 0.25) is 0 Å². The minimum Gasteiger partial charge on any atom is -0.480 e. The molecule has 2 N–H and O–H groups in total. The summed E-state index contributed by atoms with van der Waals surface area (Å²) in [5, 5.41) is 3.80. The Morgan fingerprint density at radius 2 is 2.00 bits per heavy atom. The van der Waals surface area contributed by atoms with Gasteiger partial charge < -0.3 is 15.0 Å². The van der Waals surface area contributed by atoms with Crippen molar-refractivity contribution in [3.05, 3.63) is 84.1 Å². The average Bonchev–Trinajstić information content (AvgIpc) is 3.15. The molecule has 6 nitrogen and oxygen atoms in total. The Balaban J connectivity index is 1.75. The van der Waals surface area contributed by atoms with Crippen molar-refractivity contribution >= 4 is 22.5 Å². The molecule has 0 saturated carbocycles. The number of nitrogens with one attached hydrogen (secondary N) is 2. The Bertz CT molecular complexity index is 1130. The van der Waals surface area contributed by atoms with Gasteiger partial charge in [-0.15, -0.1) is 0 Å². The van der Waals surface area contributed by atoms with E-state index < -0.39 is 6.04 Å². The van der Waals surface area contributed by atoms with Crippen molar-refractivity contribution in [2.75, 3.05) is 12.4 Å². The van der Waals surface area contributed by atoms with Crippen LogP contribution >= 0.6 is 0 Å². The lowest BCUT2D eigenvalue weighted by molar-refractivity contribution is 0.0971. The molecule has 0 amide bonds. The Morgan fingerprint density at radius 1 is 1.18 bits per heavy atom. The molecule has 2 aromatic heterocycles. The van der Waals surface area contributed by atoms with Gasteiger partial charge in [0.15, 0.2) is 5.78 Å². The summed E-state index contributed by atoms with van der Waals surface area (Å²) < 4.78 is 18.6. The number of hydrogen-bond acceptors (Lipinski definition) is 5. The molecule has 0 saturated heterocycles. The molecule has 4 rings (SSSR count). The van der Waals surface area contributed by atoms with E-state index in [0.29, 0.717) is 28.2 Å². The lowest BCUT2D eigenvalue weighted by Crippen LogP contribution is -2.22. The average molecular weight is 376 g/mol. The maximum absolute atomic E-state index is 13.5. The van der Waals surface area contributed by atoms with Gasteiger partial charge in [0.2, 0.25) is 5.88 Å². The third-order valence-corrected chi connectivity index (χ3v) is 4.42. The number of ketones is 1. The van der Waals surface area contributed by atoms with E-state index >= 15 is 0 Å². The number of nitrogens with zero attached hydrogens (tertiary/aromatic N) is 2. The summed E-state index contributed by atoms with van der Waals surface area (Å²) in [7, 11) is 1.50. The number of benzene rings is 2. The van der Waals surface area contributed by atoms with Gasteiger partial charge in [-0.3, -0.25) is 9.78 Å². The second kappa shape index (κ2) is 7.48. The second-order valence-electron chi connectivity index (χ2n) is 6.19. The number of anilines is 1. The first kappa shape index (κ1) is 17.7. The molecule has 1 atom stereocenters. The normalized spacial score (nSPS) is 11.9. The summed E-state index contributed by atoms with van der Waals surface area (Å²) in [6.07, 6.45) is 4.61. The minimum atomic E-state index is -0.702.